The Morgan fingerprint density at radius 3 is 2.53 bits per heavy atom. The number of hydrogen-bond acceptors (Lipinski definition) is 5. The number of hydrogen-bond donors (Lipinski definition) is 1. The first-order chi connectivity index (χ1) is 17.4. The van der Waals surface area contributed by atoms with Gasteiger partial charge in [0.25, 0.3) is 5.91 Å². The van der Waals surface area contributed by atoms with Gasteiger partial charge in [-0.25, -0.2) is 0 Å². The fourth-order valence-corrected chi connectivity index (χ4v) is 5.19. The van der Waals surface area contributed by atoms with Crippen molar-refractivity contribution in [3.63, 3.8) is 0 Å². The van der Waals surface area contributed by atoms with Gasteiger partial charge in [0, 0.05) is 35.8 Å². The van der Waals surface area contributed by atoms with Crippen LogP contribution in [-0.4, -0.2) is 50.7 Å². The summed E-state index contributed by atoms with van der Waals surface area (Å²) in [5, 5.41) is 16.7. The van der Waals surface area contributed by atoms with Crippen LogP contribution >= 0.6 is 0 Å². The molecule has 1 aliphatic rings. The number of carbonyl (C=O) groups excluding carboxylic acids is 1. The second-order valence-corrected chi connectivity index (χ2v) is 9.35. The van der Waals surface area contributed by atoms with Crippen LogP contribution in [0, 0.1) is 24.0 Å². The highest BCUT2D eigenvalue weighted by molar-refractivity contribution is 5.94. The summed E-state index contributed by atoms with van der Waals surface area (Å²) in [4.78, 5) is 29.3. The summed E-state index contributed by atoms with van der Waals surface area (Å²) in [6.45, 7) is 5.17. The van der Waals surface area contributed by atoms with E-state index in [1.165, 1.54) is 10.9 Å². The number of aromatic amines is 1. The number of methoxy groups -OCH3 is 1. The molecule has 0 saturated carbocycles. The Hall–Kier alpha value is -4.14. The normalized spacial score (nSPS) is 14.4. The van der Waals surface area contributed by atoms with Crippen molar-refractivity contribution in [2.45, 2.75) is 39.2 Å². The van der Waals surface area contributed by atoms with E-state index in [9.17, 15) is 14.9 Å². The number of nitrogens with zero attached hydrogens (tertiary/aromatic N) is 4. The highest BCUT2D eigenvalue weighted by Crippen LogP contribution is 2.35. The van der Waals surface area contributed by atoms with Crippen molar-refractivity contribution < 1.29 is 14.5 Å². The van der Waals surface area contributed by atoms with Gasteiger partial charge in [0.15, 0.2) is 0 Å². The van der Waals surface area contributed by atoms with E-state index in [1.54, 1.807) is 25.6 Å². The number of H-pyrrole nitrogens is 1. The molecule has 186 valence electrons. The number of aryl methyl sites for hydroxylation is 1. The number of ether oxygens (including phenoxy) is 1. The third-order valence-electron chi connectivity index (χ3n) is 7.20. The molecule has 9 heteroatoms. The smallest absolute Gasteiger partial charge is 0.312 e. The molecule has 0 aliphatic carbocycles. The molecule has 36 heavy (non-hydrogen) atoms. The predicted octanol–water partition coefficient (Wildman–Crippen LogP) is 4.97. The number of piperidine rings is 1. The summed E-state index contributed by atoms with van der Waals surface area (Å²) in [6.07, 6.45) is 3.90. The number of aromatic nitrogens is 3. The molecular weight excluding hydrogens is 458 g/mol. The van der Waals surface area contributed by atoms with E-state index in [2.05, 4.69) is 22.3 Å². The minimum Gasteiger partial charge on any atom is -0.497 e. The van der Waals surface area contributed by atoms with E-state index >= 15 is 0 Å². The minimum atomic E-state index is -0.394. The van der Waals surface area contributed by atoms with E-state index in [1.807, 2.05) is 41.3 Å². The second kappa shape index (κ2) is 9.49. The topological polar surface area (TPSA) is 106 Å². The first-order valence-corrected chi connectivity index (χ1v) is 12.1. The molecule has 9 nitrogen and oxygen atoms in total. The maximum Gasteiger partial charge on any atom is 0.312 e. The zero-order valence-electron chi connectivity index (χ0n) is 20.7. The van der Waals surface area contributed by atoms with Crippen molar-refractivity contribution in [3.8, 4) is 5.75 Å². The van der Waals surface area contributed by atoms with Crippen LogP contribution in [0.4, 0.5) is 5.69 Å². The maximum absolute atomic E-state index is 13.1. The van der Waals surface area contributed by atoms with Crippen molar-refractivity contribution in [2.75, 3.05) is 20.2 Å². The van der Waals surface area contributed by atoms with Crippen molar-refractivity contribution in [3.05, 3.63) is 86.9 Å². The van der Waals surface area contributed by atoms with Crippen molar-refractivity contribution in [2.24, 2.45) is 0 Å². The summed E-state index contributed by atoms with van der Waals surface area (Å²) in [5.74, 6) is 1.26. The number of nitrogens with one attached hydrogen (secondary N) is 1. The van der Waals surface area contributed by atoms with E-state index in [0.29, 0.717) is 42.5 Å². The standard InChI is InChI=1S/C27H29N5O4/c1-17-26(32(34)35)18(2)31(29-17)16-19-4-6-21(7-5-19)27(33)30-12-10-20(11-13-30)24-15-28-25-9-8-22(36-3)14-23(24)25/h4-9,14-15,20,28H,10-13,16H2,1-3H3. The first-order valence-electron chi connectivity index (χ1n) is 12.1. The molecule has 1 N–H and O–H groups in total. The zero-order valence-corrected chi connectivity index (χ0v) is 20.7. The summed E-state index contributed by atoms with van der Waals surface area (Å²) >= 11 is 0. The number of rotatable bonds is 6. The predicted molar refractivity (Wildman–Crippen MR) is 137 cm³/mol. The van der Waals surface area contributed by atoms with E-state index in [-0.39, 0.29) is 11.6 Å². The minimum absolute atomic E-state index is 0.0300. The SMILES string of the molecule is COc1ccc2[nH]cc(C3CCN(C(=O)c4ccc(Cn5nc(C)c([N+](=O)[O-])c5C)cc4)CC3)c2c1. The monoisotopic (exact) mass is 487 g/mol. The lowest BCUT2D eigenvalue weighted by Gasteiger charge is -2.32. The van der Waals surface area contributed by atoms with Crippen LogP contribution in [0.2, 0.25) is 0 Å². The summed E-state index contributed by atoms with van der Waals surface area (Å²) in [6, 6.07) is 13.5. The lowest BCUT2D eigenvalue weighted by molar-refractivity contribution is -0.386. The Kier molecular flexibility index (Phi) is 6.22. The van der Waals surface area contributed by atoms with Crippen molar-refractivity contribution >= 4 is 22.5 Å². The van der Waals surface area contributed by atoms with Crippen LogP contribution in [0.5, 0.6) is 5.75 Å². The van der Waals surface area contributed by atoms with Gasteiger partial charge in [-0.3, -0.25) is 19.6 Å². The maximum atomic E-state index is 13.1. The van der Waals surface area contributed by atoms with Gasteiger partial charge in [0.05, 0.1) is 18.6 Å². The summed E-state index contributed by atoms with van der Waals surface area (Å²) < 4.78 is 7.03. The van der Waals surface area contributed by atoms with Gasteiger partial charge in [-0.1, -0.05) is 12.1 Å². The molecule has 1 saturated heterocycles. The number of benzene rings is 2. The third kappa shape index (κ3) is 4.32. The zero-order chi connectivity index (χ0) is 25.4. The van der Waals surface area contributed by atoms with Gasteiger partial charge < -0.3 is 14.6 Å². The fraction of sp³-hybridized carbons (Fsp3) is 0.333. The van der Waals surface area contributed by atoms with Crippen LogP contribution in [0.1, 0.15) is 51.6 Å². The molecule has 2 aromatic heterocycles. The van der Waals surface area contributed by atoms with Crippen LogP contribution in [0.25, 0.3) is 10.9 Å². The lowest BCUT2D eigenvalue weighted by Crippen LogP contribution is -2.37. The highest BCUT2D eigenvalue weighted by atomic mass is 16.6. The Bertz CT molecular complexity index is 1430. The van der Waals surface area contributed by atoms with Crippen LogP contribution in [0.15, 0.2) is 48.7 Å². The average Bonchev–Trinajstić information content (AvgIpc) is 3.43. The molecule has 4 aromatic rings. The molecule has 1 aliphatic heterocycles. The largest absolute Gasteiger partial charge is 0.497 e. The van der Waals surface area contributed by atoms with E-state index in [4.69, 9.17) is 4.74 Å². The molecular formula is C27H29N5O4. The van der Waals surface area contributed by atoms with E-state index in [0.717, 1.165) is 29.7 Å². The summed E-state index contributed by atoms with van der Waals surface area (Å²) in [5.41, 5.74) is 4.93. The van der Waals surface area contributed by atoms with Crippen molar-refractivity contribution in [1.29, 1.82) is 0 Å². The number of amides is 1. The lowest BCUT2D eigenvalue weighted by atomic mass is 9.89. The van der Waals surface area contributed by atoms with Crippen LogP contribution < -0.4 is 4.74 Å². The molecule has 3 heterocycles. The molecule has 0 unspecified atom stereocenters. The third-order valence-corrected chi connectivity index (χ3v) is 7.20. The van der Waals surface area contributed by atoms with Gasteiger partial charge in [-0.05, 0) is 74.1 Å². The van der Waals surface area contributed by atoms with Gasteiger partial charge in [-0.15, -0.1) is 0 Å². The Balaban J connectivity index is 1.23. The van der Waals surface area contributed by atoms with Gasteiger partial charge in [0.2, 0.25) is 0 Å². The van der Waals surface area contributed by atoms with Gasteiger partial charge in [0.1, 0.15) is 17.1 Å². The number of fused-ring (bicyclic) bond motifs is 1. The number of nitro groups is 1. The van der Waals surface area contributed by atoms with Gasteiger partial charge in [-0.2, -0.15) is 5.10 Å². The first kappa shape index (κ1) is 23.6. The average molecular weight is 488 g/mol. The molecule has 2 aromatic carbocycles. The fourth-order valence-electron chi connectivity index (χ4n) is 5.19. The quantitative estimate of drug-likeness (QED) is 0.305. The molecule has 5 rings (SSSR count). The van der Waals surface area contributed by atoms with E-state index < -0.39 is 4.92 Å². The van der Waals surface area contributed by atoms with Gasteiger partial charge >= 0.3 is 5.69 Å². The molecule has 1 amide bonds. The van der Waals surface area contributed by atoms with Crippen LogP contribution in [0.3, 0.4) is 0 Å². The molecule has 0 atom stereocenters. The molecule has 0 radical (unpaired) electrons. The Labute approximate surface area is 208 Å². The highest BCUT2D eigenvalue weighted by Gasteiger charge is 2.26. The number of likely N-dealkylation sites (tertiary alicyclic amines) is 1. The Morgan fingerprint density at radius 1 is 1.17 bits per heavy atom. The van der Waals surface area contributed by atoms with Crippen molar-refractivity contribution in [1.82, 2.24) is 19.7 Å². The molecule has 0 bridgehead atoms. The summed E-state index contributed by atoms with van der Waals surface area (Å²) in [7, 11) is 1.68. The number of carbonyl (C=O) groups is 1. The van der Waals surface area contributed by atoms with Crippen LogP contribution in [-0.2, 0) is 6.54 Å². The molecule has 1 fully saturated rings. The second-order valence-electron chi connectivity index (χ2n) is 9.35. The Morgan fingerprint density at radius 2 is 1.89 bits per heavy atom. The molecule has 0 spiro atoms.